The summed E-state index contributed by atoms with van der Waals surface area (Å²) in [6.45, 7) is 0. The van der Waals surface area contributed by atoms with Crippen LogP contribution in [0.15, 0.2) is 34.5 Å². The number of hydrogen-bond acceptors (Lipinski definition) is 5. The average molecular weight is 362 g/mol. The Labute approximate surface area is 149 Å². The lowest BCUT2D eigenvalue weighted by Crippen LogP contribution is -2.11. The van der Waals surface area contributed by atoms with Gasteiger partial charge in [-0.25, -0.2) is 4.39 Å². The fourth-order valence-electron chi connectivity index (χ4n) is 2.92. The summed E-state index contributed by atoms with van der Waals surface area (Å²) in [4.78, 5) is 10.9. The number of aliphatic carboxylic acids is 1. The van der Waals surface area contributed by atoms with E-state index in [0.29, 0.717) is 10.7 Å². The maximum Gasteiger partial charge on any atom is 0.313 e. The van der Waals surface area contributed by atoms with Gasteiger partial charge in [0, 0.05) is 11.5 Å². The fraction of sp³-hybridized carbons (Fsp3) is 0.412. The summed E-state index contributed by atoms with van der Waals surface area (Å²) in [6.07, 6.45) is 6.92. The lowest BCUT2D eigenvalue weighted by Gasteiger charge is -2.20. The summed E-state index contributed by atoms with van der Waals surface area (Å²) in [5.74, 6) is -0.452. The van der Waals surface area contributed by atoms with E-state index in [1.165, 1.54) is 18.7 Å². The maximum atomic E-state index is 13.8. The van der Waals surface area contributed by atoms with Gasteiger partial charge < -0.3 is 5.11 Å². The lowest BCUT2D eigenvalue weighted by molar-refractivity contribution is -0.133. The predicted octanol–water partition coefficient (Wildman–Crippen LogP) is 3.52. The van der Waals surface area contributed by atoms with Gasteiger partial charge in [0.1, 0.15) is 5.82 Å². The SMILES string of the molecule is O=C(O)CSc1nnc(C2CCCCC2)n1/N=C\c1ccccc1F. The highest BCUT2D eigenvalue weighted by Gasteiger charge is 2.23. The Hall–Kier alpha value is -2.22. The van der Waals surface area contributed by atoms with Crippen molar-refractivity contribution < 1.29 is 14.3 Å². The van der Waals surface area contributed by atoms with E-state index in [9.17, 15) is 9.18 Å². The molecule has 0 radical (unpaired) electrons. The molecule has 0 amide bonds. The van der Waals surface area contributed by atoms with E-state index in [2.05, 4.69) is 15.3 Å². The van der Waals surface area contributed by atoms with Crippen molar-refractivity contribution in [3.8, 4) is 0 Å². The van der Waals surface area contributed by atoms with Crippen LogP contribution in [0.2, 0.25) is 0 Å². The molecule has 0 saturated heterocycles. The van der Waals surface area contributed by atoms with Gasteiger partial charge in [0.05, 0.1) is 12.0 Å². The Kier molecular flexibility index (Phi) is 5.80. The van der Waals surface area contributed by atoms with Crippen molar-refractivity contribution >= 4 is 23.9 Å². The molecular formula is C17H19FN4O2S. The number of carbonyl (C=O) groups is 1. The molecule has 1 heterocycles. The van der Waals surface area contributed by atoms with E-state index in [0.717, 1.165) is 43.3 Å². The Bertz CT molecular complexity index is 772. The monoisotopic (exact) mass is 362 g/mol. The van der Waals surface area contributed by atoms with E-state index in [-0.39, 0.29) is 17.5 Å². The number of halogens is 1. The number of aromatic nitrogens is 3. The minimum Gasteiger partial charge on any atom is -0.481 e. The molecule has 132 valence electrons. The van der Waals surface area contributed by atoms with Gasteiger partial charge in [-0.15, -0.1) is 10.2 Å². The molecule has 6 nitrogen and oxygen atoms in total. The van der Waals surface area contributed by atoms with Crippen molar-refractivity contribution in [3.63, 3.8) is 0 Å². The first-order chi connectivity index (χ1) is 12.1. The first-order valence-corrected chi connectivity index (χ1v) is 9.22. The second-order valence-electron chi connectivity index (χ2n) is 5.94. The molecule has 0 unspecified atom stereocenters. The molecule has 1 fully saturated rings. The van der Waals surface area contributed by atoms with Crippen LogP contribution in [0, 0.1) is 5.82 Å². The van der Waals surface area contributed by atoms with E-state index in [4.69, 9.17) is 5.11 Å². The summed E-state index contributed by atoms with van der Waals surface area (Å²) < 4.78 is 15.4. The molecule has 0 atom stereocenters. The zero-order valence-corrected chi connectivity index (χ0v) is 14.5. The van der Waals surface area contributed by atoms with Crippen LogP contribution in [0.25, 0.3) is 0 Å². The molecule has 0 spiro atoms. The minimum atomic E-state index is -0.933. The first-order valence-electron chi connectivity index (χ1n) is 8.24. The maximum absolute atomic E-state index is 13.8. The van der Waals surface area contributed by atoms with Gasteiger partial charge in [-0.05, 0) is 18.9 Å². The van der Waals surface area contributed by atoms with Crippen molar-refractivity contribution in [3.05, 3.63) is 41.5 Å². The molecule has 1 N–H and O–H groups in total. The Morgan fingerprint density at radius 1 is 1.32 bits per heavy atom. The van der Waals surface area contributed by atoms with Crippen LogP contribution in [0.1, 0.15) is 49.4 Å². The molecule has 1 aliphatic rings. The molecule has 1 saturated carbocycles. The van der Waals surface area contributed by atoms with Gasteiger partial charge in [0.25, 0.3) is 0 Å². The Balaban J connectivity index is 1.91. The smallest absolute Gasteiger partial charge is 0.313 e. The van der Waals surface area contributed by atoms with Gasteiger partial charge >= 0.3 is 5.97 Å². The molecule has 2 aromatic rings. The van der Waals surface area contributed by atoms with Gasteiger partial charge in [0.2, 0.25) is 5.16 Å². The number of carboxylic acids is 1. The molecular weight excluding hydrogens is 343 g/mol. The predicted molar refractivity (Wildman–Crippen MR) is 93.6 cm³/mol. The Morgan fingerprint density at radius 3 is 2.80 bits per heavy atom. The third-order valence-corrected chi connectivity index (χ3v) is 5.05. The normalized spacial score (nSPS) is 15.7. The quantitative estimate of drug-likeness (QED) is 0.628. The first kappa shape index (κ1) is 17.6. The molecule has 8 heteroatoms. The van der Waals surface area contributed by atoms with Gasteiger partial charge in [-0.3, -0.25) is 4.79 Å². The molecule has 1 aromatic carbocycles. The molecule has 0 bridgehead atoms. The van der Waals surface area contributed by atoms with Crippen LogP contribution >= 0.6 is 11.8 Å². The summed E-state index contributed by atoms with van der Waals surface area (Å²) in [6, 6.07) is 6.36. The largest absolute Gasteiger partial charge is 0.481 e. The molecule has 1 aliphatic carbocycles. The van der Waals surface area contributed by atoms with Crippen molar-refractivity contribution in [2.75, 3.05) is 5.75 Å². The molecule has 25 heavy (non-hydrogen) atoms. The van der Waals surface area contributed by atoms with Crippen molar-refractivity contribution in [1.29, 1.82) is 0 Å². The van der Waals surface area contributed by atoms with Crippen molar-refractivity contribution in [2.45, 2.75) is 43.2 Å². The third-order valence-electron chi connectivity index (χ3n) is 4.15. The standard InChI is InChI=1S/C17H19FN4O2S/c18-14-9-5-4-8-13(14)10-19-22-16(12-6-2-1-3-7-12)20-21-17(22)25-11-15(23)24/h4-5,8-10,12H,1-3,6-7,11H2,(H,23,24)/b19-10-. The highest BCUT2D eigenvalue weighted by atomic mass is 32.2. The van der Waals surface area contributed by atoms with Crippen molar-refractivity contribution in [1.82, 2.24) is 14.9 Å². The summed E-state index contributed by atoms with van der Waals surface area (Å²) >= 11 is 1.06. The van der Waals surface area contributed by atoms with Crippen LogP contribution in [-0.4, -0.2) is 37.9 Å². The van der Waals surface area contributed by atoms with Crippen LogP contribution in [-0.2, 0) is 4.79 Å². The molecule has 1 aromatic heterocycles. The average Bonchev–Trinajstić information content (AvgIpc) is 3.03. The fourth-order valence-corrected chi connectivity index (χ4v) is 3.53. The second kappa shape index (κ2) is 8.24. The van der Waals surface area contributed by atoms with E-state index < -0.39 is 5.97 Å². The summed E-state index contributed by atoms with van der Waals surface area (Å²) in [7, 11) is 0. The number of carboxylic acid groups (broad SMARTS) is 1. The molecule has 0 aliphatic heterocycles. The third kappa shape index (κ3) is 4.45. The number of nitrogens with zero attached hydrogens (tertiary/aromatic N) is 4. The van der Waals surface area contributed by atoms with Crippen LogP contribution in [0.3, 0.4) is 0 Å². The van der Waals surface area contributed by atoms with Crippen LogP contribution in [0.4, 0.5) is 4.39 Å². The van der Waals surface area contributed by atoms with E-state index >= 15 is 0 Å². The molecule has 3 rings (SSSR count). The zero-order valence-electron chi connectivity index (χ0n) is 13.6. The van der Waals surface area contributed by atoms with Gasteiger partial charge in [-0.1, -0.05) is 49.2 Å². The van der Waals surface area contributed by atoms with Gasteiger partial charge in [0.15, 0.2) is 5.82 Å². The minimum absolute atomic E-state index is 0.127. The van der Waals surface area contributed by atoms with Crippen LogP contribution in [0.5, 0.6) is 0 Å². The highest BCUT2D eigenvalue weighted by Crippen LogP contribution is 2.33. The summed E-state index contributed by atoms with van der Waals surface area (Å²) in [5.41, 5.74) is 0.361. The van der Waals surface area contributed by atoms with Gasteiger partial charge in [-0.2, -0.15) is 9.78 Å². The second-order valence-corrected chi connectivity index (χ2v) is 6.88. The topological polar surface area (TPSA) is 80.4 Å². The number of rotatable bonds is 6. The zero-order chi connectivity index (χ0) is 17.6. The summed E-state index contributed by atoms with van der Waals surface area (Å²) in [5, 5.41) is 22.0. The lowest BCUT2D eigenvalue weighted by atomic mass is 9.89. The number of benzene rings is 1. The van der Waals surface area contributed by atoms with E-state index in [1.807, 2.05) is 0 Å². The van der Waals surface area contributed by atoms with Crippen LogP contribution < -0.4 is 0 Å². The van der Waals surface area contributed by atoms with E-state index in [1.54, 1.807) is 22.9 Å². The Morgan fingerprint density at radius 2 is 2.08 bits per heavy atom. The number of hydrogen-bond donors (Lipinski definition) is 1. The number of thioether (sulfide) groups is 1. The highest BCUT2D eigenvalue weighted by molar-refractivity contribution is 7.99. The van der Waals surface area contributed by atoms with Crippen molar-refractivity contribution in [2.24, 2.45) is 5.10 Å².